The minimum absolute atomic E-state index is 0.137. The second kappa shape index (κ2) is 9.77. The number of carbonyl (C=O) groups excluding carboxylic acids is 2. The molecule has 39 heavy (non-hydrogen) atoms. The predicted molar refractivity (Wildman–Crippen MR) is 146 cm³/mol. The molecule has 6 rings (SSSR count). The van der Waals surface area contributed by atoms with Crippen LogP contribution in [-0.4, -0.2) is 63.7 Å². The highest BCUT2D eigenvalue weighted by atomic mass is 19.1. The van der Waals surface area contributed by atoms with E-state index in [1.165, 1.54) is 12.1 Å². The van der Waals surface area contributed by atoms with Crippen molar-refractivity contribution in [2.75, 3.05) is 33.0 Å². The van der Waals surface area contributed by atoms with Crippen LogP contribution in [0.15, 0.2) is 48.8 Å². The van der Waals surface area contributed by atoms with Crippen molar-refractivity contribution >= 4 is 29.0 Å². The third kappa shape index (κ3) is 4.61. The highest BCUT2D eigenvalue weighted by Crippen LogP contribution is 2.36. The van der Waals surface area contributed by atoms with Gasteiger partial charge in [0.15, 0.2) is 0 Å². The van der Waals surface area contributed by atoms with Crippen LogP contribution in [0, 0.1) is 5.82 Å². The molecule has 2 amide bonds. The standard InChI is InChI=1S/C29H30FN7O2/c1-35(2)16-23-19(17-8-10-36(3)27(38)12-17)5-7-25(34-23)33-22-6-4-20(21-14-32-29(39)28(21)22)24-15-31-26-13-18(30)9-11-37(24)26/h4-7,9,11,13,15,17H,8,10,12,14,16H2,1-3H3,(H,32,39)(H,33,34)/t17-/m1/s1. The molecular weight excluding hydrogens is 497 g/mol. The van der Waals surface area contributed by atoms with Gasteiger partial charge in [0.2, 0.25) is 5.91 Å². The number of benzene rings is 1. The summed E-state index contributed by atoms with van der Waals surface area (Å²) in [6.45, 7) is 1.76. The number of nitrogens with zero attached hydrogens (tertiary/aromatic N) is 5. The Hall–Kier alpha value is -4.31. The summed E-state index contributed by atoms with van der Waals surface area (Å²) in [4.78, 5) is 38.5. The average Bonchev–Trinajstić information content (AvgIpc) is 3.49. The Morgan fingerprint density at radius 1 is 1.18 bits per heavy atom. The number of rotatable bonds is 6. The fourth-order valence-electron chi connectivity index (χ4n) is 5.57. The highest BCUT2D eigenvalue weighted by molar-refractivity contribution is 6.06. The molecule has 4 aromatic rings. The molecule has 9 nitrogen and oxygen atoms in total. The fraction of sp³-hybridized carbons (Fsp3) is 0.310. The number of hydrogen-bond donors (Lipinski definition) is 2. The normalized spacial score (nSPS) is 17.2. The Kier molecular flexibility index (Phi) is 6.26. The minimum Gasteiger partial charge on any atom is -0.348 e. The van der Waals surface area contributed by atoms with Crippen molar-refractivity contribution in [2.24, 2.45) is 0 Å². The highest BCUT2D eigenvalue weighted by Gasteiger charge is 2.29. The lowest BCUT2D eigenvalue weighted by atomic mass is 9.88. The van der Waals surface area contributed by atoms with E-state index in [0.717, 1.165) is 41.0 Å². The van der Waals surface area contributed by atoms with E-state index in [2.05, 4.69) is 26.6 Å². The number of aromatic nitrogens is 3. The zero-order valence-electron chi connectivity index (χ0n) is 22.2. The maximum atomic E-state index is 13.7. The first kappa shape index (κ1) is 25.0. The van der Waals surface area contributed by atoms with Crippen LogP contribution >= 0.6 is 0 Å². The first-order valence-corrected chi connectivity index (χ1v) is 13.0. The predicted octanol–water partition coefficient (Wildman–Crippen LogP) is 3.92. The number of anilines is 2. The summed E-state index contributed by atoms with van der Waals surface area (Å²) in [6, 6.07) is 10.6. The molecule has 1 fully saturated rings. The summed E-state index contributed by atoms with van der Waals surface area (Å²) in [5, 5.41) is 6.31. The molecule has 0 aliphatic carbocycles. The second-order valence-corrected chi connectivity index (χ2v) is 10.5. The van der Waals surface area contributed by atoms with Crippen LogP contribution in [0.4, 0.5) is 15.9 Å². The number of carbonyl (C=O) groups is 2. The van der Waals surface area contributed by atoms with Crippen molar-refractivity contribution in [3.63, 3.8) is 0 Å². The summed E-state index contributed by atoms with van der Waals surface area (Å²) in [6.07, 6.45) is 4.73. The molecule has 1 saturated heterocycles. The molecule has 200 valence electrons. The molecule has 0 radical (unpaired) electrons. The summed E-state index contributed by atoms with van der Waals surface area (Å²) in [7, 11) is 5.84. The van der Waals surface area contributed by atoms with Gasteiger partial charge in [0.05, 0.1) is 28.8 Å². The summed E-state index contributed by atoms with van der Waals surface area (Å²) < 4.78 is 15.5. The molecule has 0 bridgehead atoms. The number of pyridine rings is 2. The quantitative estimate of drug-likeness (QED) is 0.395. The van der Waals surface area contributed by atoms with Crippen LogP contribution in [0.25, 0.3) is 16.9 Å². The zero-order valence-corrected chi connectivity index (χ0v) is 22.2. The van der Waals surface area contributed by atoms with Gasteiger partial charge < -0.3 is 20.4 Å². The van der Waals surface area contributed by atoms with Gasteiger partial charge >= 0.3 is 0 Å². The molecule has 1 aromatic carbocycles. The van der Waals surface area contributed by atoms with E-state index >= 15 is 0 Å². The molecule has 0 unspecified atom stereocenters. The van der Waals surface area contributed by atoms with Crippen molar-refractivity contribution in [2.45, 2.75) is 31.8 Å². The Morgan fingerprint density at radius 3 is 2.82 bits per heavy atom. The maximum absolute atomic E-state index is 13.7. The minimum atomic E-state index is -0.351. The SMILES string of the molecule is CN(C)Cc1nc(Nc2ccc(-c3cnc4cc(F)ccn34)c3c2C(=O)NC3)ccc1[C@@H]1CCN(C)C(=O)C1. The van der Waals surface area contributed by atoms with E-state index in [-0.39, 0.29) is 23.5 Å². The number of fused-ring (bicyclic) bond motifs is 2. The van der Waals surface area contributed by atoms with Crippen LogP contribution in [0.5, 0.6) is 0 Å². The van der Waals surface area contributed by atoms with Crippen molar-refractivity contribution in [1.29, 1.82) is 0 Å². The van der Waals surface area contributed by atoms with Crippen molar-refractivity contribution in [1.82, 2.24) is 29.5 Å². The van der Waals surface area contributed by atoms with Gasteiger partial charge in [-0.05, 0) is 55.8 Å². The number of likely N-dealkylation sites (tertiary alicyclic amines) is 1. The average molecular weight is 528 g/mol. The van der Waals surface area contributed by atoms with Gasteiger partial charge in [0.1, 0.15) is 17.3 Å². The number of hydrogen-bond acceptors (Lipinski definition) is 6. The Balaban J connectivity index is 1.35. The van der Waals surface area contributed by atoms with Gasteiger partial charge in [-0.3, -0.25) is 14.0 Å². The van der Waals surface area contributed by atoms with E-state index in [9.17, 15) is 14.0 Å². The van der Waals surface area contributed by atoms with Crippen molar-refractivity contribution in [3.8, 4) is 11.3 Å². The van der Waals surface area contributed by atoms with Crippen LogP contribution < -0.4 is 10.6 Å². The number of amides is 2. The summed E-state index contributed by atoms with van der Waals surface area (Å²) >= 11 is 0. The second-order valence-electron chi connectivity index (χ2n) is 10.5. The van der Waals surface area contributed by atoms with Gasteiger partial charge in [-0.25, -0.2) is 14.4 Å². The van der Waals surface area contributed by atoms with Gasteiger partial charge in [-0.1, -0.05) is 12.1 Å². The van der Waals surface area contributed by atoms with Crippen LogP contribution in [0.3, 0.4) is 0 Å². The van der Waals surface area contributed by atoms with E-state index < -0.39 is 0 Å². The van der Waals surface area contributed by atoms with Gasteiger partial charge in [0, 0.05) is 50.9 Å². The first-order valence-electron chi connectivity index (χ1n) is 13.0. The molecule has 0 spiro atoms. The number of imidazole rings is 1. The Bertz CT molecular complexity index is 1610. The Labute approximate surface area is 225 Å². The zero-order chi connectivity index (χ0) is 27.3. The topological polar surface area (TPSA) is 94.9 Å². The van der Waals surface area contributed by atoms with Gasteiger partial charge in [0.25, 0.3) is 5.91 Å². The molecule has 2 aliphatic heterocycles. The lowest BCUT2D eigenvalue weighted by Gasteiger charge is -2.30. The van der Waals surface area contributed by atoms with Crippen molar-refractivity contribution in [3.05, 3.63) is 77.0 Å². The number of nitrogens with one attached hydrogen (secondary N) is 2. The van der Waals surface area contributed by atoms with Crippen LogP contribution in [0.1, 0.15) is 45.9 Å². The van der Waals surface area contributed by atoms with Gasteiger partial charge in [-0.2, -0.15) is 0 Å². The molecule has 5 heterocycles. The van der Waals surface area contributed by atoms with Crippen molar-refractivity contribution < 1.29 is 14.0 Å². The van der Waals surface area contributed by atoms with E-state index in [4.69, 9.17) is 4.98 Å². The molecule has 1 atom stereocenters. The third-order valence-electron chi connectivity index (χ3n) is 7.55. The molecule has 2 aliphatic rings. The maximum Gasteiger partial charge on any atom is 0.254 e. The summed E-state index contributed by atoms with van der Waals surface area (Å²) in [5.74, 6) is 0.412. The van der Waals surface area contributed by atoms with Gasteiger partial charge in [-0.15, -0.1) is 0 Å². The van der Waals surface area contributed by atoms with Crippen LogP contribution in [-0.2, 0) is 17.9 Å². The smallest absolute Gasteiger partial charge is 0.254 e. The number of halogens is 1. The third-order valence-corrected chi connectivity index (χ3v) is 7.55. The lowest BCUT2D eigenvalue weighted by molar-refractivity contribution is -0.132. The molecule has 0 saturated carbocycles. The number of piperidine rings is 1. The molecule has 10 heteroatoms. The lowest BCUT2D eigenvalue weighted by Crippen LogP contribution is -2.35. The monoisotopic (exact) mass is 527 g/mol. The molecular formula is C29H30FN7O2. The fourth-order valence-corrected chi connectivity index (χ4v) is 5.57. The first-order chi connectivity index (χ1) is 18.8. The summed E-state index contributed by atoms with van der Waals surface area (Å²) in [5.41, 5.74) is 6.23. The van der Waals surface area contributed by atoms with E-state index in [0.29, 0.717) is 42.2 Å². The van der Waals surface area contributed by atoms with Crippen LogP contribution in [0.2, 0.25) is 0 Å². The largest absolute Gasteiger partial charge is 0.348 e. The van der Waals surface area contributed by atoms with E-state index in [1.54, 1.807) is 17.3 Å². The molecule has 2 N–H and O–H groups in total. The van der Waals surface area contributed by atoms with E-state index in [1.807, 2.05) is 43.7 Å². The molecule has 3 aromatic heterocycles. The Morgan fingerprint density at radius 2 is 2.03 bits per heavy atom.